The maximum absolute atomic E-state index is 11.6. The van der Waals surface area contributed by atoms with Crippen molar-refractivity contribution >= 4 is 21.4 Å². The predicted molar refractivity (Wildman–Crippen MR) is 86.3 cm³/mol. The molecule has 0 spiro atoms. The highest BCUT2D eigenvalue weighted by atomic mass is 32.2. The Labute approximate surface area is 134 Å². The van der Waals surface area contributed by atoms with Crippen LogP contribution in [0.2, 0.25) is 0 Å². The van der Waals surface area contributed by atoms with Crippen LogP contribution in [0.4, 0.5) is 0 Å². The summed E-state index contributed by atoms with van der Waals surface area (Å²) in [6, 6.07) is 0. The van der Waals surface area contributed by atoms with Crippen LogP contribution in [0.1, 0.15) is 30.1 Å². The van der Waals surface area contributed by atoms with Crippen LogP contribution in [0.15, 0.2) is 17.9 Å². The maximum atomic E-state index is 11.6. The summed E-state index contributed by atoms with van der Waals surface area (Å²) in [5.74, 6) is 0.239. The highest BCUT2D eigenvalue weighted by Gasteiger charge is 2.28. The first kappa shape index (κ1) is 15.5. The van der Waals surface area contributed by atoms with E-state index in [0.29, 0.717) is 13.1 Å². The van der Waals surface area contributed by atoms with Gasteiger partial charge in [-0.05, 0) is 19.8 Å². The van der Waals surface area contributed by atoms with E-state index in [1.807, 2.05) is 12.4 Å². The highest BCUT2D eigenvalue weighted by Crippen LogP contribution is 2.35. The molecule has 0 radical (unpaired) electrons. The van der Waals surface area contributed by atoms with Gasteiger partial charge < -0.3 is 0 Å². The van der Waals surface area contributed by atoms with Crippen molar-refractivity contribution in [2.24, 2.45) is 0 Å². The van der Waals surface area contributed by atoms with Crippen LogP contribution in [0.5, 0.6) is 0 Å². The molecule has 3 heterocycles. The fourth-order valence-electron chi connectivity index (χ4n) is 2.81. The van der Waals surface area contributed by atoms with E-state index < -0.39 is 10.0 Å². The van der Waals surface area contributed by atoms with Crippen molar-refractivity contribution in [1.29, 1.82) is 0 Å². The molecule has 1 saturated heterocycles. The zero-order chi connectivity index (χ0) is 15.7. The standard InChI is InChI=1S/C14H18N4O2S2/c1-10-14(21-9-17-10)13-12(15-5-6-16-13)11-3-7-18(8-4-11)22(2,19)20/h5-6,9,11H,3-4,7-8H2,1-2H3. The predicted octanol–water partition coefficient (Wildman–Crippen LogP) is 2.05. The van der Waals surface area contributed by atoms with E-state index in [-0.39, 0.29) is 5.92 Å². The first-order valence-corrected chi connectivity index (χ1v) is 9.86. The summed E-state index contributed by atoms with van der Waals surface area (Å²) >= 11 is 1.57. The summed E-state index contributed by atoms with van der Waals surface area (Å²) in [5.41, 5.74) is 4.62. The SMILES string of the molecule is Cc1ncsc1-c1nccnc1C1CCN(S(C)(=O)=O)CC1. The summed E-state index contributed by atoms with van der Waals surface area (Å²) in [6.45, 7) is 3.05. The normalized spacial score (nSPS) is 17.7. The van der Waals surface area contributed by atoms with Crippen molar-refractivity contribution in [2.45, 2.75) is 25.7 Å². The number of hydrogen-bond acceptors (Lipinski definition) is 6. The van der Waals surface area contributed by atoms with Gasteiger partial charge in [0.25, 0.3) is 0 Å². The first-order valence-electron chi connectivity index (χ1n) is 7.13. The van der Waals surface area contributed by atoms with Crippen molar-refractivity contribution in [3.63, 3.8) is 0 Å². The van der Waals surface area contributed by atoms with Crippen molar-refractivity contribution < 1.29 is 8.42 Å². The summed E-state index contributed by atoms with van der Waals surface area (Å²) in [5, 5.41) is 0. The van der Waals surface area contributed by atoms with Crippen LogP contribution in [-0.2, 0) is 10.0 Å². The second kappa shape index (κ2) is 6.02. The molecule has 0 aromatic carbocycles. The molecule has 8 heteroatoms. The minimum absolute atomic E-state index is 0.239. The van der Waals surface area contributed by atoms with Gasteiger partial charge in [-0.3, -0.25) is 9.97 Å². The van der Waals surface area contributed by atoms with E-state index >= 15 is 0 Å². The van der Waals surface area contributed by atoms with Gasteiger partial charge in [0.15, 0.2) is 0 Å². The van der Waals surface area contributed by atoms with Gasteiger partial charge in [0.1, 0.15) is 5.69 Å². The fourth-order valence-corrected chi connectivity index (χ4v) is 4.50. The molecule has 1 aliphatic heterocycles. The molecular formula is C14H18N4O2S2. The molecule has 0 bridgehead atoms. The molecular weight excluding hydrogens is 320 g/mol. The third kappa shape index (κ3) is 3.04. The Morgan fingerprint density at radius 3 is 2.45 bits per heavy atom. The molecule has 0 atom stereocenters. The number of nitrogens with zero attached hydrogens (tertiary/aromatic N) is 4. The number of rotatable bonds is 3. The summed E-state index contributed by atoms with van der Waals surface area (Å²) < 4.78 is 24.8. The number of hydrogen-bond donors (Lipinski definition) is 0. The lowest BCUT2D eigenvalue weighted by molar-refractivity contribution is 0.318. The quantitative estimate of drug-likeness (QED) is 0.856. The molecule has 0 aliphatic carbocycles. The molecule has 0 saturated carbocycles. The van der Waals surface area contributed by atoms with Crippen LogP contribution >= 0.6 is 11.3 Å². The minimum atomic E-state index is -3.10. The van der Waals surface area contributed by atoms with E-state index in [2.05, 4.69) is 15.0 Å². The van der Waals surface area contributed by atoms with Gasteiger partial charge in [-0.15, -0.1) is 11.3 Å². The van der Waals surface area contributed by atoms with Crippen molar-refractivity contribution in [3.05, 3.63) is 29.3 Å². The Kier molecular flexibility index (Phi) is 4.24. The molecule has 22 heavy (non-hydrogen) atoms. The van der Waals surface area contributed by atoms with Crippen molar-refractivity contribution in [3.8, 4) is 10.6 Å². The van der Waals surface area contributed by atoms with Gasteiger partial charge in [-0.1, -0.05) is 0 Å². The van der Waals surface area contributed by atoms with Gasteiger partial charge in [0.05, 0.1) is 28.0 Å². The Morgan fingerprint density at radius 1 is 1.18 bits per heavy atom. The number of thiazole rings is 1. The van der Waals surface area contributed by atoms with Gasteiger partial charge in [-0.2, -0.15) is 0 Å². The number of sulfonamides is 1. The topological polar surface area (TPSA) is 76.1 Å². The lowest BCUT2D eigenvalue weighted by Gasteiger charge is -2.30. The van der Waals surface area contributed by atoms with Crippen LogP contribution < -0.4 is 0 Å². The number of aryl methyl sites for hydroxylation is 1. The summed E-state index contributed by atoms with van der Waals surface area (Å²) in [6.07, 6.45) is 6.22. The second-order valence-corrected chi connectivity index (χ2v) is 8.33. The average molecular weight is 338 g/mol. The van der Waals surface area contributed by atoms with E-state index in [1.165, 1.54) is 10.6 Å². The minimum Gasteiger partial charge on any atom is -0.257 e. The van der Waals surface area contributed by atoms with Gasteiger partial charge in [0.2, 0.25) is 10.0 Å². The molecule has 118 valence electrons. The van der Waals surface area contributed by atoms with Gasteiger partial charge >= 0.3 is 0 Å². The molecule has 1 fully saturated rings. The molecule has 1 aliphatic rings. The Morgan fingerprint density at radius 2 is 1.86 bits per heavy atom. The molecule has 2 aromatic rings. The Balaban J connectivity index is 1.87. The lowest BCUT2D eigenvalue weighted by atomic mass is 9.92. The molecule has 0 N–H and O–H groups in total. The number of piperidine rings is 1. The Bertz CT molecular complexity index is 765. The van der Waals surface area contributed by atoms with E-state index in [1.54, 1.807) is 23.7 Å². The van der Waals surface area contributed by atoms with Crippen molar-refractivity contribution in [1.82, 2.24) is 19.3 Å². The smallest absolute Gasteiger partial charge is 0.211 e. The molecule has 2 aromatic heterocycles. The lowest BCUT2D eigenvalue weighted by Crippen LogP contribution is -2.37. The fraction of sp³-hybridized carbons (Fsp3) is 0.500. The first-order chi connectivity index (χ1) is 10.5. The summed E-state index contributed by atoms with van der Waals surface area (Å²) in [7, 11) is -3.10. The van der Waals surface area contributed by atoms with Gasteiger partial charge in [-0.25, -0.2) is 17.7 Å². The third-order valence-electron chi connectivity index (χ3n) is 4.00. The van der Waals surface area contributed by atoms with Crippen LogP contribution in [0.3, 0.4) is 0 Å². The summed E-state index contributed by atoms with van der Waals surface area (Å²) in [4.78, 5) is 14.4. The third-order valence-corrected chi connectivity index (χ3v) is 6.24. The molecule has 0 amide bonds. The van der Waals surface area contributed by atoms with Crippen LogP contribution in [-0.4, -0.2) is 47.0 Å². The zero-order valence-corrected chi connectivity index (χ0v) is 14.2. The van der Waals surface area contributed by atoms with Crippen LogP contribution in [0, 0.1) is 6.92 Å². The largest absolute Gasteiger partial charge is 0.257 e. The van der Waals surface area contributed by atoms with E-state index in [0.717, 1.165) is 34.8 Å². The van der Waals surface area contributed by atoms with E-state index in [9.17, 15) is 8.42 Å². The molecule has 6 nitrogen and oxygen atoms in total. The zero-order valence-electron chi connectivity index (χ0n) is 12.6. The van der Waals surface area contributed by atoms with Crippen LogP contribution in [0.25, 0.3) is 10.6 Å². The Hall–Kier alpha value is -1.38. The molecule has 3 rings (SSSR count). The highest BCUT2D eigenvalue weighted by molar-refractivity contribution is 7.88. The monoisotopic (exact) mass is 338 g/mol. The maximum Gasteiger partial charge on any atom is 0.211 e. The van der Waals surface area contributed by atoms with Gasteiger partial charge in [0, 0.05) is 31.4 Å². The average Bonchev–Trinajstić information content (AvgIpc) is 2.92. The van der Waals surface area contributed by atoms with E-state index in [4.69, 9.17) is 0 Å². The molecule has 0 unspecified atom stereocenters. The van der Waals surface area contributed by atoms with Crippen molar-refractivity contribution in [2.75, 3.05) is 19.3 Å². The second-order valence-electron chi connectivity index (χ2n) is 5.49. The number of aromatic nitrogens is 3.